The van der Waals surface area contributed by atoms with Crippen molar-refractivity contribution in [2.45, 2.75) is 45.3 Å². The smallest absolute Gasteiger partial charge is 0.239 e. The zero-order chi connectivity index (χ0) is 12.4. The molecular formula is C13H24N2O2. The summed E-state index contributed by atoms with van der Waals surface area (Å²) in [5.74, 6) is 0.601. The Hall–Kier alpha value is -0.610. The Morgan fingerprint density at radius 3 is 2.53 bits per heavy atom. The lowest BCUT2D eigenvalue weighted by Crippen LogP contribution is -2.52. The summed E-state index contributed by atoms with van der Waals surface area (Å²) in [4.78, 5) is 16.3. The molecule has 0 saturated carbocycles. The van der Waals surface area contributed by atoms with Gasteiger partial charge >= 0.3 is 0 Å². The fourth-order valence-corrected chi connectivity index (χ4v) is 2.78. The third-order valence-electron chi connectivity index (χ3n) is 4.27. The third-order valence-corrected chi connectivity index (χ3v) is 4.27. The average Bonchev–Trinajstić information content (AvgIpc) is 2.84. The van der Waals surface area contributed by atoms with Crippen LogP contribution in [0.25, 0.3) is 0 Å². The number of aliphatic hydroxyl groups excluding tert-OH is 1. The van der Waals surface area contributed by atoms with E-state index in [0.717, 1.165) is 38.9 Å². The van der Waals surface area contributed by atoms with Crippen LogP contribution in [0.15, 0.2) is 0 Å². The van der Waals surface area contributed by atoms with Gasteiger partial charge in [0.25, 0.3) is 0 Å². The number of amides is 1. The molecule has 98 valence electrons. The van der Waals surface area contributed by atoms with Crippen LogP contribution in [0.5, 0.6) is 0 Å². The monoisotopic (exact) mass is 240 g/mol. The molecule has 0 aliphatic carbocycles. The first-order chi connectivity index (χ1) is 8.09. The van der Waals surface area contributed by atoms with Gasteiger partial charge in [-0.15, -0.1) is 0 Å². The maximum atomic E-state index is 12.2. The summed E-state index contributed by atoms with van der Waals surface area (Å²) >= 11 is 0. The highest BCUT2D eigenvalue weighted by Crippen LogP contribution is 2.20. The Morgan fingerprint density at radius 2 is 1.94 bits per heavy atom. The Labute approximate surface area is 104 Å². The molecule has 1 amide bonds. The molecule has 2 aliphatic rings. The van der Waals surface area contributed by atoms with Crippen LogP contribution in [0.2, 0.25) is 0 Å². The number of rotatable bonds is 2. The summed E-state index contributed by atoms with van der Waals surface area (Å²) in [6, 6.07) is -0.0738. The minimum atomic E-state index is -0.280. The number of β-amino-alcohol motifs (C(OH)–C–C–N with tert-alkyl or cyclic N) is 1. The summed E-state index contributed by atoms with van der Waals surface area (Å²) in [5.41, 5.74) is 0. The highest BCUT2D eigenvalue weighted by Gasteiger charge is 2.32. The molecular weight excluding hydrogens is 216 g/mol. The first-order valence-corrected chi connectivity index (χ1v) is 6.80. The Morgan fingerprint density at radius 1 is 1.29 bits per heavy atom. The van der Waals surface area contributed by atoms with Gasteiger partial charge in [-0.05, 0) is 38.6 Å². The van der Waals surface area contributed by atoms with Crippen LogP contribution >= 0.6 is 0 Å². The highest BCUT2D eigenvalue weighted by atomic mass is 16.3. The molecule has 4 nitrogen and oxygen atoms in total. The van der Waals surface area contributed by atoms with E-state index in [1.165, 1.54) is 0 Å². The maximum absolute atomic E-state index is 12.2. The second kappa shape index (κ2) is 5.36. The predicted octanol–water partition coefficient (Wildman–Crippen LogP) is 0.700. The molecule has 0 aromatic rings. The number of likely N-dealkylation sites (tertiary alicyclic amines) is 2. The molecule has 17 heavy (non-hydrogen) atoms. The van der Waals surface area contributed by atoms with Gasteiger partial charge in [0, 0.05) is 19.6 Å². The van der Waals surface area contributed by atoms with Crippen molar-refractivity contribution in [3.05, 3.63) is 0 Å². The van der Waals surface area contributed by atoms with E-state index in [2.05, 4.69) is 11.8 Å². The zero-order valence-electron chi connectivity index (χ0n) is 10.9. The van der Waals surface area contributed by atoms with E-state index in [0.29, 0.717) is 12.5 Å². The number of hydrogen-bond acceptors (Lipinski definition) is 3. The van der Waals surface area contributed by atoms with Gasteiger partial charge in [0.1, 0.15) is 0 Å². The van der Waals surface area contributed by atoms with E-state index in [4.69, 9.17) is 0 Å². The van der Waals surface area contributed by atoms with E-state index in [9.17, 15) is 9.90 Å². The quantitative estimate of drug-likeness (QED) is 0.773. The van der Waals surface area contributed by atoms with Crippen molar-refractivity contribution < 1.29 is 9.90 Å². The zero-order valence-corrected chi connectivity index (χ0v) is 10.9. The molecule has 3 atom stereocenters. The number of carbonyl (C=O) groups excluding carboxylic acids is 1. The van der Waals surface area contributed by atoms with Crippen LogP contribution in [0, 0.1) is 5.92 Å². The van der Waals surface area contributed by atoms with Gasteiger partial charge in [0.15, 0.2) is 0 Å². The molecule has 3 unspecified atom stereocenters. The van der Waals surface area contributed by atoms with Crippen molar-refractivity contribution in [2.24, 2.45) is 5.92 Å². The molecule has 2 saturated heterocycles. The van der Waals surface area contributed by atoms with Crippen LogP contribution < -0.4 is 0 Å². The van der Waals surface area contributed by atoms with Crippen LogP contribution in [-0.4, -0.2) is 59.1 Å². The van der Waals surface area contributed by atoms with Crippen molar-refractivity contribution in [3.8, 4) is 0 Å². The second-order valence-corrected chi connectivity index (χ2v) is 5.54. The molecule has 2 aliphatic heterocycles. The van der Waals surface area contributed by atoms with E-state index < -0.39 is 0 Å². The molecule has 2 heterocycles. The lowest BCUT2D eigenvalue weighted by molar-refractivity contribution is -0.137. The number of nitrogens with zero attached hydrogens (tertiary/aromatic N) is 2. The minimum absolute atomic E-state index is 0.0738. The van der Waals surface area contributed by atoms with Crippen LogP contribution in [0.1, 0.15) is 33.1 Å². The SMILES string of the molecule is CC1CCN(C(C)C(=O)N2CCCC2)CC1O. The summed E-state index contributed by atoms with van der Waals surface area (Å²) in [7, 11) is 0. The van der Waals surface area contributed by atoms with Crippen molar-refractivity contribution >= 4 is 5.91 Å². The van der Waals surface area contributed by atoms with E-state index >= 15 is 0 Å². The molecule has 0 radical (unpaired) electrons. The number of piperidine rings is 1. The average molecular weight is 240 g/mol. The molecule has 0 spiro atoms. The van der Waals surface area contributed by atoms with Crippen molar-refractivity contribution in [1.82, 2.24) is 9.80 Å². The molecule has 0 aromatic carbocycles. The standard InChI is InChI=1S/C13H24N2O2/c1-10-5-8-15(9-12(10)16)11(2)13(17)14-6-3-4-7-14/h10-12,16H,3-9H2,1-2H3. The van der Waals surface area contributed by atoms with Crippen molar-refractivity contribution in [3.63, 3.8) is 0 Å². The molecule has 1 N–H and O–H groups in total. The van der Waals surface area contributed by atoms with Crippen LogP contribution in [0.4, 0.5) is 0 Å². The third kappa shape index (κ3) is 2.80. The van der Waals surface area contributed by atoms with E-state index in [1.807, 2.05) is 11.8 Å². The molecule has 0 bridgehead atoms. The number of carbonyl (C=O) groups is 1. The lowest BCUT2D eigenvalue weighted by Gasteiger charge is -2.38. The predicted molar refractivity (Wildman–Crippen MR) is 66.6 cm³/mol. The number of hydrogen-bond donors (Lipinski definition) is 1. The lowest BCUT2D eigenvalue weighted by atomic mass is 9.95. The number of aliphatic hydroxyl groups is 1. The summed E-state index contributed by atoms with van der Waals surface area (Å²) < 4.78 is 0. The van der Waals surface area contributed by atoms with Crippen LogP contribution in [-0.2, 0) is 4.79 Å². The van der Waals surface area contributed by atoms with Gasteiger partial charge in [-0.1, -0.05) is 6.92 Å². The van der Waals surface area contributed by atoms with E-state index in [-0.39, 0.29) is 18.1 Å². The fourth-order valence-electron chi connectivity index (χ4n) is 2.78. The Bertz CT molecular complexity index is 277. The largest absolute Gasteiger partial charge is 0.392 e. The second-order valence-electron chi connectivity index (χ2n) is 5.54. The Kier molecular flexibility index (Phi) is 4.05. The van der Waals surface area contributed by atoms with Gasteiger partial charge in [0.2, 0.25) is 5.91 Å². The summed E-state index contributed by atoms with van der Waals surface area (Å²) in [6.07, 6.45) is 2.98. The van der Waals surface area contributed by atoms with Gasteiger partial charge < -0.3 is 10.0 Å². The van der Waals surface area contributed by atoms with Crippen molar-refractivity contribution in [2.75, 3.05) is 26.2 Å². The molecule has 2 rings (SSSR count). The first-order valence-electron chi connectivity index (χ1n) is 6.80. The minimum Gasteiger partial charge on any atom is -0.392 e. The molecule has 2 fully saturated rings. The Balaban J connectivity index is 1.90. The fraction of sp³-hybridized carbons (Fsp3) is 0.923. The van der Waals surface area contributed by atoms with Crippen molar-refractivity contribution in [1.29, 1.82) is 0 Å². The van der Waals surface area contributed by atoms with Crippen LogP contribution in [0.3, 0.4) is 0 Å². The summed E-state index contributed by atoms with van der Waals surface area (Å²) in [5, 5.41) is 9.88. The summed E-state index contributed by atoms with van der Waals surface area (Å²) in [6.45, 7) is 7.45. The van der Waals surface area contributed by atoms with Gasteiger partial charge in [-0.3, -0.25) is 9.69 Å². The first kappa shape index (κ1) is 12.8. The molecule has 0 aromatic heterocycles. The van der Waals surface area contributed by atoms with Gasteiger partial charge in [0.05, 0.1) is 12.1 Å². The van der Waals surface area contributed by atoms with Gasteiger partial charge in [-0.25, -0.2) is 0 Å². The normalized spacial score (nSPS) is 32.8. The van der Waals surface area contributed by atoms with Gasteiger partial charge in [-0.2, -0.15) is 0 Å². The van der Waals surface area contributed by atoms with E-state index in [1.54, 1.807) is 0 Å². The highest BCUT2D eigenvalue weighted by molar-refractivity contribution is 5.81. The topological polar surface area (TPSA) is 43.8 Å². The molecule has 4 heteroatoms. The maximum Gasteiger partial charge on any atom is 0.239 e.